The van der Waals surface area contributed by atoms with Crippen molar-refractivity contribution in [1.29, 1.82) is 5.41 Å². The van der Waals surface area contributed by atoms with Gasteiger partial charge in [0.05, 0.1) is 35.2 Å². The van der Waals surface area contributed by atoms with Crippen LogP contribution in [0.1, 0.15) is 70.8 Å². The monoisotopic (exact) mass is 495 g/mol. The fourth-order valence-corrected chi connectivity index (χ4v) is 4.65. The number of nitrogens with zero attached hydrogens (tertiary/aromatic N) is 2. The summed E-state index contributed by atoms with van der Waals surface area (Å²) in [5, 5.41) is 13.7. The van der Waals surface area contributed by atoms with Crippen molar-refractivity contribution >= 4 is 40.2 Å². The van der Waals surface area contributed by atoms with Crippen LogP contribution in [0.5, 0.6) is 5.75 Å². The van der Waals surface area contributed by atoms with Gasteiger partial charge in [0.2, 0.25) is 0 Å². The molecule has 2 aromatic carbocycles. The van der Waals surface area contributed by atoms with E-state index in [1.165, 1.54) is 0 Å². The third-order valence-electron chi connectivity index (χ3n) is 6.27. The predicted molar refractivity (Wildman–Crippen MR) is 137 cm³/mol. The van der Waals surface area contributed by atoms with E-state index in [0.29, 0.717) is 54.4 Å². The Hall–Kier alpha value is -3.39. The number of para-hydroxylation sites is 1. The number of hydrogen-bond acceptors (Lipinski definition) is 5. The van der Waals surface area contributed by atoms with Crippen LogP contribution >= 0.6 is 11.6 Å². The van der Waals surface area contributed by atoms with Crippen LogP contribution in [0.15, 0.2) is 36.4 Å². The van der Waals surface area contributed by atoms with Gasteiger partial charge in [0.25, 0.3) is 11.8 Å². The van der Waals surface area contributed by atoms with Crippen LogP contribution in [0.4, 0.5) is 0 Å². The first-order valence-corrected chi connectivity index (χ1v) is 12.4. The number of rotatable bonds is 11. The van der Waals surface area contributed by atoms with E-state index in [0.717, 1.165) is 29.4 Å². The number of alkyl halides is 1. The van der Waals surface area contributed by atoms with Gasteiger partial charge in [0.15, 0.2) is 0 Å². The van der Waals surface area contributed by atoms with Gasteiger partial charge in [-0.25, -0.2) is 4.98 Å². The van der Waals surface area contributed by atoms with E-state index >= 15 is 0 Å². The first kappa shape index (κ1) is 24.7. The highest BCUT2D eigenvalue weighted by Gasteiger charge is 2.28. The van der Waals surface area contributed by atoms with Crippen LogP contribution in [0.2, 0.25) is 0 Å². The van der Waals surface area contributed by atoms with Crippen molar-refractivity contribution in [3.05, 3.63) is 58.9 Å². The Kier molecular flexibility index (Phi) is 7.70. The third kappa shape index (κ3) is 5.17. The summed E-state index contributed by atoms with van der Waals surface area (Å²) < 4.78 is 7.75. The van der Waals surface area contributed by atoms with Crippen molar-refractivity contribution in [2.75, 3.05) is 12.5 Å². The highest BCUT2D eigenvalue weighted by molar-refractivity contribution is 6.28. The number of carbonyl (C=O) groups is 2. The highest BCUT2D eigenvalue weighted by atomic mass is 35.5. The molecule has 1 aromatic heterocycles. The van der Waals surface area contributed by atoms with Gasteiger partial charge in [-0.3, -0.25) is 9.59 Å². The van der Waals surface area contributed by atoms with Crippen LogP contribution in [-0.4, -0.2) is 39.6 Å². The Morgan fingerprint density at radius 3 is 2.86 bits per heavy atom. The first-order valence-electron chi connectivity index (χ1n) is 11.9. The number of aryl methyl sites for hydroxylation is 1. The van der Waals surface area contributed by atoms with Crippen LogP contribution < -0.4 is 15.4 Å². The Morgan fingerprint density at radius 1 is 1.29 bits per heavy atom. The number of ether oxygens (including phenoxy) is 1. The Morgan fingerprint density at radius 2 is 2.09 bits per heavy atom. The molecule has 3 N–H and O–H groups in total. The summed E-state index contributed by atoms with van der Waals surface area (Å²) >= 11 is 5.75. The molecular weight excluding hydrogens is 466 g/mol. The maximum Gasteiger partial charge on any atom is 0.252 e. The fourth-order valence-electron chi connectivity index (χ4n) is 4.51. The van der Waals surface area contributed by atoms with E-state index in [-0.39, 0.29) is 23.7 Å². The maximum absolute atomic E-state index is 13.4. The number of carbonyl (C=O) groups excluding carboxylic acids is 2. The molecule has 0 radical (unpaired) electrons. The smallest absolute Gasteiger partial charge is 0.252 e. The summed E-state index contributed by atoms with van der Waals surface area (Å²) in [5.74, 6) is 1.10. The molecule has 2 amide bonds. The van der Waals surface area contributed by atoms with Gasteiger partial charge in [-0.2, -0.15) is 0 Å². The van der Waals surface area contributed by atoms with Crippen LogP contribution in [0, 0.1) is 5.41 Å². The fraction of sp³-hybridized carbons (Fsp3) is 0.385. The number of amides is 2. The normalized spacial score (nSPS) is 13.4. The molecule has 0 unspecified atom stereocenters. The lowest BCUT2D eigenvalue weighted by atomic mass is 10.0. The summed E-state index contributed by atoms with van der Waals surface area (Å²) in [6.07, 6.45) is 2.81. The molecule has 0 spiro atoms. The Bertz CT molecular complexity index is 1270. The van der Waals surface area contributed by atoms with Gasteiger partial charge in [-0.05, 0) is 49.9 Å². The predicted octanol–water partition coefficient (Wildman–Crippen LogP) is 4.51. The van der Waals surface area contributed by atoms with Crippen molar-refractivity contribution < 1.29 is 14.3 Å². The minimum absolute atomic E-state index is 0.228. The molecule has 184 valence electrons. The SMILES string of the molecule is CCOc1cccc2c1nc([C@H](CCCCC(=N)CCl)NC(=O)c1cccc3c1C(=O)NC3)n2C. The minimum Gasteiger partial charge on any atom is -0.492 e. The Labute approximate surface area is 209 Å². The van der Waals surface area contributed by atoms with Gasteiger partial charge in [-0.15, -0.1) is 11.6 Å². The highest BCUT2D eigenvalue weighted by Crippen LogP contribution is 2.30. The van der Waals surface area contributed by atoms with E-state index in [1.54, 1.807) is 12.1 Å². The molecule has 1 atom stereocenters. The molecule has 2 heterocycles. The van der Waals surface area contributed by atoms with Gasteiger partial charge >= 0.3 is 0 Å². The summed E-state index contributed by atoms with van der Waals surface area (Å²) in [5.41, 5.74) is 3.78. The average Bonchev–Trinajstić information content (AvgIpc) is 3.41. The van der Waals surface area contributed by atoms with Crippen molar-refractivity contribution in [1.82, 2.24) is 20.2 Å². The zero-order valence-corrected chi connectivity index (χ0v) is 20.7. The van der Waals surface area contributed by atoms with Crippen molar-refractivity contribution in [3.8, 4) is 5.75 Å². The molecule has 0 saturated carbocycles. The summed E-state index contributed by atoms with van der Waals surface area (Å²) in [6.45, 7) is 2.88. The quantitative estimate of drug-likeness (QED) is 0.206. The summed E-state index contributed by atoms with van der Waals surface area (Å²) in [4.78, 5) is 30.7. The summed E-state index contributed by atoms with van der Waals surface area (Å²) in [6, 6.07) is 10.7. The molecule has 35 heavy (non-hydrogen) atoms. The zero-order chi connectivity index (χ0) is 24.9. The van der Waals surface area contributed by atoms with Gasteiger partial charge in [0.1, 0.15) is 17.1 Å². The molecule has 1 aliphatic heterocycles. The minimum atomic E-state index is -0.389. The van der Waals surface area contributed by atoms with E-state index in [1.807, 2.05) is 42.8 Å². The van der Waals surface area contributed by atoms with E-state index in [2.05, 4.69) is 10.6 Å². The lowest BCUT2D eigenvalue weighted by molar-refractivity contribution is 0.0912. The lowest BCUT2D eigenvalue weighted by Crippen LogP contribution is -2.31. The zero-order valence-electron chi connectivity index (χ0n) is 20.0. The number of nitrogens with one attached hydrogen (secondary N) is 3. The van der Waals surface area contributed by atoms with Crippen LogP contribution in [0.3, 0.4) is 0 Å². The maximum atomic E-state index is 13.4. The molecule has 0 bridgehead atoms. The second kappa shape index (κ2) is 10.9. The molecular formula is C26H30ClN5O3. The lowest BCUT2D eigenvalue weighted by Gasteiger charge is -2.19. The number of fused-ring (bicyclic) bond motifs is 2. The number of hydrogen-bond donors (Lipinski definition) is 3. The molecule has 3 aromatic rings. The van der Waals surface area contributed by atoms with E-state index in [4.69, 9.17) is 26.7 Å². The van der Waals surface area contributed by atoms with E-state index in [9.17, 15) is 9.59 Å². The number of benzene rings is 2. The van der Waals surface area contributed by atoms with Crippen molar-refractivity contribution in [2.45, 2.75) is 45.2 Å². The molecule has 9 heteroatoms. The summed E-state index contributed by atoms with van der Waals surface area (Å²) in [7, 11) is 1.93. The largest absolute Gasteiger partial charge is 0.492 e. The molecule has 0 aliphatic carbocycles. The third-order valence-corrected chi connectivity index (χ3v) is 6.59. The molecule has 1 aliphatic rings. The first-order chi connectivity index (χ1) is 16.9. The Balaban J connectivity index is 1.65. The molecule has 0 fully saturated rings. The topological polar surface area (TPSA) is 109 Å². The van der Waals surface area contributed by atoms with E-state index < -0.39 is 0 Å². The number of aromatic nitrogens is 2. The second-order valence-electron chi connectivity index (χ2n) is 8.62. The number of imidazole rings is 1. The van der Waals surface area contributed by atoms with Crippen LogP contribution in [-0.2, 0) is 13.6 Å². The molecule has 4 rings (SSSR count). The second-order valence-corrected chi connectivity index (χ2v) is 8.88. The average molecular weight is 496 g/mol. The molecule has 8 nitrogen and oxygen atoms in total. The molecule has 0 saturated heterocycles. The van der Waals surface area contributed by atoms with Gasteiger partial charge < -0.3 is 25.3 Å². The standard InChI is InChI=1S/C26H30ClN5O3/c1-3-35-21-13-7-12-20-23(21)31-24(32(20)2)19(11-5-4-9-17(28)14-27)30-25(33)18-10-6-8-16-15-29-26(34)22(16)18/h6-8,10,12-13,19,28H,3-5,9,11,14-15H2,1-2H3,(H,29,34)(H,30,33)/t19-/m0/s1. The van der Waals surface area contributed by atoms with Crippen molar-refractivity contribution in [3.63, 3.8) is 0 Å². The van der Waals surface area contributed by atoms with Crippen molar-refractivity contribution in [2.24, 2.45) is 7.05 Å². The van der Waals surface area contributed by atoms with Gasteiger partial charge in [0, 0.05) is 19.3 Å². The number of unbranched alkanes of at least 4 members (excludes halogenated alkanes) is 1. The van der Waals surface area contributed by atoms with Crippen LogP contribution in [0.25, 0.3) is 11.0 Å². The van der Waals surface area contributed by atoms with Gasteiger partial charge in [-0.1, -0.05) is 24.6 Å². The number of halogens is 1.